The first kappa shape index (κ1) is 14.6. The third kappa shape index (κ3) is 3.27. The van der Waals surface area contributed by atoms with Gasteiger partial charge >= 0.3 is 0 Å². The molecule has 4 heteroatoms. The molecule has 0 bridgehead atoms. The molecular formula is C13H24N2OS. The Bertz CT molecular complexity index is 351. The van der Waals surface area contributed by atoms with Gasteiger partial charge in [-0.25, -0.2) is 4.98 Å². The summed E-state index contributed by atoms with van der Waals surface area (Å²) >= 11 is 1.78. The van der Waals surface area contributed by atoms with Gasteiger partial charge in [-0.15, -0.1) is 11.3 Å². The van der Waals surface area contributed by atoms with Crippen LogP contribution < -0.4 is 5.32 Å². The number of hydrogen-bond acceptors (Lipinski definition) is 4. The highest BCUT2D eigenvalue weighted by molar-refractivity contribution is 7.11. The van der Waals surface area contributed by atoms with Crippen LogP contribution in [0.4, 0.5) is 0 Å². The molecule has 0 aliphatic carbocycles. The number of rotatable bonds is 7. The normalized spacial score (nSPS) is 14.9. The molecule has 1 heterocycles. The predicted molar refractivity (Wildman–Crippen MR) is 73.5 cm³/mol. The minimum Gasteiger partial charge on any atom is -0.368 e. The third-order valence-corrected chi connectivity index (χ3v) is 4.38. The Morgan fingerprint density at radius 1 is 1.35 bits per heavy atom. The summed E-state index contributed by atoms with van der Waals surface area (Å²) < 4.78 is 5.88. The van der Waals surface area contributed by atoms with E-state index in [2.05, 4.69) is 26.1 Å². The summed E-state index contributed by atoms with van der Waals surface area (Å²) in [6, 6.07) is 0. The molecule has 0 spiro atoms. The first-order chi connectivity index (χ1) is 8.11. The quantitative estimate of drug-likeness (QED) is 0.814. The molecule has 0 aliphatic rings. The lowest BCUT2D eigenvalue weighted by Crippen LogP contribution is -2.24. The van der Waals surface area contributed by atoms with Crippen LogP contribution in [0, 0.1) is 0 Å². The van der Waals surface area contributed by atoms with Crippen molar-refractivity contribution >= 4 is 11.3 Å². The Morgan fingerprint density at radius 3 is 2.53 bits per heavy atom. The van der Waals surface area contributed by atoms with E-state index in [1.807, 2.05) is 14.0 Å². The predicted octanol–water partition coefficient (Wildman–Crippen LogP) is 3.09. The first-order valence-corrected chi connectivity index (χ1v) is 7.20. The fraction of sp³-hybridized carbons (Fsp3) is 0.769. The summed E-state index contributed by atoms with van der Waals surface area (Å²) in [5.41, 5.74) is 0.980. The van der Waals surface area contributed by atoms with Crippen LogP contribution in [0.15, 0.2) is 0 Å². The lowest BCUT2D eigenvalue weighted by atomic mass is 10.0. The van der Waals surface area contributed by atoms with E-state index in [9.17, 15) is 0 Å². The molecule has 0 saturated heterocycles. The summed E-state index contributed by atoms with van der Waals surface area (Å²) in [4.78, 5) is 6.10. The van der Waals surface area contributed by atoms with Crippen LogP contribution in [-0.2, 0) is 23.3 Å². The van der Waals surface area contributed by atoms with Crippen LogP contribution in [0.25, 0.3) is 0 Å². The Labute approximate surface area is 109 Å². The van der Waals surface area contributed by atoms with E-state index in [-0.39, 0.29) is 5.60 Å². The van der Waals surface area contributed by atoms with Gasteiger partial charge in [-0.05, 0) is 33.7 Å². The average molecular weight is 256 g/mol. The van der Waals surface area contributed by atoms with Crippen molar-refractivity contribution in [2.45, 2.75) is 52.7 Å². The molecule has 0 fully saturated rings. The van der Waals surface area contributed by atoms with E-state index in [0.717, 1.165) is 31.0 Å². The largest absolute Gasteiger partial charge is 0.368 e. The zero-order chi connectivity index (χ0) is 12.9. The van der Waals surface area contributed by atoms with Crippen molar-refractivity contribution in [3.63, 3.8) is 0 Å². The highest BCUT2D eigenvalue weighted by Crippen LogP contribution is 2.34. The molecule has 0 aromatic carbocycles. The minimum atomic E-state index is -0.227. The molecule has 0 amide bonds. The lowest BCUT2D eigenvalue weighted by molar-refractivity contribution is -0.0325. The van der Waals surface area contributed by atoms with Crippen molar-refractivity contribution in [2.24, 2.45) is 0 Å². The maximum atomic E-state index is 5.88. The Morgan fingerprint density at radius 2 is 2.06 bits per heavy atom. The third-order valence-electron chi connectivity index (χ3n) is 3.04. The standard InChI is InChI=1S/C13H24N2OS/c1-6-10-11(9-14-5)17-12(15-10)13(4,7-2)16-8-3/h14H,6-9H2,1-5H3. The Hall–Kier alpha value is -0.450. The van der Waals surface area contributed by atoms with Gasteiger partial charge in [-0.2, -0.15) is 0 Å². The van der Waals surface area contributed by atoms with Crippen molar-refractivity contribution in [3.05, 3.63) is 15.6 Å². The molecule has 1 atom stereocenters. The van der Waals surface area contributed by atoms with Gasteiger partial charge < -0.3 is 10.1 Å². The van der Waals surface area contributed by atoms with E-state index in [1.54, 1.807) is 11.3 Å². The summed E-state index contributed by atoms with van der Waals surface area (Å²) in [5.74, 6) is 0. The van der Waals surface area contributed by atoms with Gasteiger partial charge in [0.2, 0.25) is 0 Å². The average Bonchev–Trinajstić information content (AvgIpc) is 2.73. The van der Waals surface area contributed by atoms with Gasteiger partial charge in [-0.3, -0.25) is 0 Å². The van der Waals surface area contributed by atoms with Gasteiger partial charge in [0, 0.05) is 18.0 Å². The van der Waals surface area contributed by atoms with Crippen LogP contribution >= 0.6 is 11.3 Å². The van der Waals surface area contributed by atoms with Crippen molar-refractivity contribution in [3.8, 4) is 0 Å². The fourth-order valence-electron chi connectivity index (χ4n) is 1.82. The van der Waals surface area contributed by atoms with Crippen LogP contribution in [0.5, 0.6) is 0 Å². The first-order valence-electron chi connectivity index (χ1n) is 6.38. The maximum absolute atomic E-state index is 5.88. The van der Waals surface area contributed by atoms with E-state index >= 15 is 0 Å². The van der Waals surface area contributed by atoms with Gasteiger partial charge in [0.15, 0.2) is 0 Å². The number of thiazole rings is 1. The van der Waals surface area contributed by atoms with Crippen molar-refractivity contribution in [2.75, 3.05) is 13.7 Å². The number of nitrogens with zero attached hydrogens (tertiary/aromatic N) is 1. The van der Waals surface area contributed by atoms with Crippen molar-refractivity contribution < 1.29 is 4.74 Å². The van der Waals surface area contributed by atoms with Gasteiger partial charge in [0.1, 0.15) is 10.6 Å². The second-order valence-corrected chi connectivity index (χ2v) is 5.37. The number of aromatic nitrogens is 1. The molecule has 0 radical (unpaired) electrons. The summed E-state index contributed by atoms with van der Waals surface area (Å²) in [5, 5.41) is 4.32. The second kappa shape index (κ2) is 6.47. The molecule has 1 N–H and O–H groups in total. The zero-order valence-corrected chi connectivity index (χ0v) is 12.4. The van der Waals surface area contributed by atoms with E-state index in [0.29, 0.717) is 0 Å². The molecule has 1 aromatic heterocycles. The van der Waals surface area contributed by atoms with Gasteiger partial charge in [0.05, 0.1) is 5.69 Å². The van der Waals surface area contributed by atoms with E-state index in [1.165, 1.54) is 10.6 Å². The molecule has 98 valence electrons. The molecular weight excluding hydrogens is 232 g/mol. The highest BCUT2D eigenvalue weighted by Gasteiger charge is 2.29. The number of nitrogens with one attached hydrogen (secondary N) is 1. The minimum absolute atomic E-state index is 0.227. The molecule has 3 nitrogen and oxygen atoms in total. The number of aryl methyl sites for hydroxylation is 1. The molecule has 1 rings (SSSR count). The second-order valence-electron chi connectivity index (χ2n) is 4.29. The van der Waals surface area contributed by atoms with E-state index < -0.39 is 0 Å². The molecule has 1 unspecified atom stereocenters. The zero-order valence-electron chi connectivity index (χ0n) is 11.6. The van der Waals surface area contributed by atoms with Crippen LogP contribution in [-0.4, -0.2) is 18.6 Å². The molecule has 1 aromatic rings. The Kier molecular flexibility index (Phi) is 5.56. The molecule has 17 heavy (non-hydrogen) atoms. The molecule has 0 aliphatic heterocycles. The lowest BCUT2D eigenvalue weighted by Gasteiger charge is -2.25. The van der Waals surface area contributed by atoms with Crippen LogP contribution in [0.2, 0.25) is 0 Å². The number of ether oxygens (including phenoxy) is 1. The monoisotopic (exact) mass is 256 g/mol. The van der Waals surface area contributed by atoms with E-state index in [4.69, 9.17) is 9.72 Å². The summed E-state index contributed by atoms with van der Waals surface area (Å²) in [6.07, 6.45) is 1.94. The summed E-state index contributed by atoms with van der Waals surface area (Å²) in [6.45, 7) is 10.1. The van der Waals surface area contributed by atoms with Crippen LogP contribution in [0.1, 0.15) is 49.7 Å². The summed E-state index contributed by atoms with van der Waals surface area (Å²) in [7, 11) is 1.97. The topological polar surface area (TPSA) is 34.1 Å². The Balaban J connectivity index is 3.04. The fourth-order valence-corrected chi connectivity index (χ4v) is 3.15. The van der Waals surface area contributed by atoms with Crippen molar-refractivity contribution in [1.82, 2.24) is 10.3 Å². The molecule has 0 saturated carbocycles. The van der Waals surface area contributed by atoms with Crippen LogP contribution in [0.3, 0.4) is 0 Å². The van der Waals surface area contributed by atoms with Gasteiger partial charge in [-0.1, -0.05) is 13.8 Å². The highest BCUT2D eigenvalue weighted by atomic mass is 32.1. The maximum Gasteiger partial charge on any atom is 0.125 e. The van der Waals surface area contributed by atoms with Crippen molar-refractivity contribution in [1.29, 1.82) is 0 Å². The SMILES string of the molecule is CCOC(C)(CC)c1nc(CC)c(CNC)s1. The smallest absolute Gasteiger partial charge is 0.125 e. The number of hydrogen-bond donors (Lipinski definition) is 1. The van der Waals surface area contributed by atoms with Gasteiger partial charge in [0.25, 0.3) is 0 Å².